The van der Waals surface area contributed by atoms with E-state index in [0.29, 0.717) is 6.42 Å². The van der Waals surface area contributed by atoms with Crippen LogP contribution in [0.15, 0.2) is 24.3 Å². The van der Waals surface area contributed by atoms with E-state index in [2.05, 4.69) is 18.4 Å². The zero-order valence-corrected chi connectivity index (χ0v) is 37.8. The van der Waals surface area contributed by atoms with Crippen LogP contribution in [-0.4, -0.2) is 59.9 Å². The number of carboxylic acid groups (broad SMARTS) is 1. The Morgan fingerprint density at radius 3 is 1.40 bits per heavy atom. The number of esters is 2. The van der Waals surface area contributed by atoms with Crippen LogP contribution in [0.5, 0.6) is 0 Å². The second-order valence-electron chi connectivity index (χ2n) is 16.0. The highest BCUT2D eigenvalue weighted by atomic mass is 31.2. The number of carbonyl (C=O) groups excluding carboxylic acids is 2. The Labute approximate surface area is 353 Å². The van der Waals surface area contributed by atoms with Crippen molar-refractivity contribution in [1.82, 2.24) is 0 Å². The van der Waals surface area contributed by atoms with Gasteiger partial charge in [-0.2, -0.15) is 0 Å². The van der Waals surface area contributed by atoms with E-state index in [1.807, 2.05) is 6.08 Å². The van der Waals surface area contributed by atoms with Crippen molar-refractivity contribution in [2.45, 2.75) is 231 Å². The molecule has 0 aromatic carbocycles. The molecule has 0 aliphatic heterocycles. The Morgan fingerprint density at radius 2 is 0.966 bits per heavy atom. The molecule has 0 heterocycles. The van der Waals surface area contributed by atoms with Gasteiger partial charge in [-0.15, -0.1) is 0 Å². The summed E-state index contributed by atoms with van der Waals surface area (Å²) in [6.45, 7) is 2.72. The lowest BCUT2D eigenvalue weighted by atomic mass is 10.0. The number of nitrogens with two attached hydrogens (primary N) is 1. The molecule has 0 amide bonds. The second-order valence-corrected chi connectivity index (χ2v) is 17.4. The SMILES string of the molecule is CCCCCCCCCCCCC/C=C/C=C/C(=O)O[C@H](COC(=O)CCCCCCCCCCCCCCCCCCCCC)COP(=O)(O)OC[C@H](N)C(=O)O. The molecule has 4 N–H and O–H groups in total. The summed E-state index contributed by atoms with van der Waals surface area (Å²) >= 11 is 0. The second kappa shape index (κ2) is 41.7. The van der Waals surface area contributed by atoms with E-state index in [1.165, 1.54) is 167 Å². The van der Waals surface area contributed by atoms with Crippen LogP contribution in [0.1, 0.15) is 219 Å². The molecule has 0 radical (unpaired) electrons. The number of phosphoric acid groups is 1. The van der Waals surface area contributed by atoms with Gasteiger partial charge in [0.2, 0.25) is 0 Å². The van der Waals surface area contributed by atoms with Crippen molar-refractivity contribution in [3.8, 4) is 0 Å². The average molecular weight is 844 g/mol. The summed E-state index contributed by atoms with van der Waals surface area (Å²) in [6, 6.07) is -1.53. The van der Waals surface area contributed by atoms with Crippen molar-refractivity contribution < 1.29 is 47.5 Å². The van der Waals surface area contributed by atoms with Crippen molar-refractivity contribution in [2.24, 2.45) is 5.73 Å². The Morgan fingerprint density at radius 1 is 0.569 bits per heavy atom. The van der Waals surface area contributed by atoms with E-state index in [1.54, 1.807) is 12.2 Å². The molecule has 0 aliphatic rings. The van der Waals surface area contributed by atoms with Gasteiger partial charge in [0.1, 0.15) is 12.6 Å². The number of phosphoric ester groups is 1. The van der Waals surface area contributed by atoms with Gasteiger partial charge in [-0.05, 0) is 19.3 Å². The lowest BCUT2D eigenvalue weighted by Crippen LogP contribution is -2.34. The quantitative estimate of drug-likeness (QED) is 0.0175. The number of carboxylic acids is 1. The molecule has 0 aromatic heterocycles. The molecule has 0 fully saturated rings. The van der Waals surface area contributed by atoms with Crippen molar-refractivity contribution in [3.63, 3.8) is 0 Å². The average Bonchev–Trinajstić information content (AvgIpc) is 3.20. The summed E-state index contributed by atoms with van der Waals surface area (Å²) in [6.07, 6.45) is 44.5. The molecule has 0 spiro atoms. The summed E-state index contributed by atoms with van der Waals surface area (Å²) in [7, 11) is -4.74. The molecule has 0 aliphatic carbocycles. The molecular weight excluding hydrogens is 757 g/mol. The van der Waals surface area contributed by atoms with Crippen LogP contribution in [0, 0.1) is 0 Å². The molecular formula is C46H86NO10P. The van der Waals surface area contributed by atoms with Crippen molar-refractivity contribution in [1.29, 1.82) is 0 Å². The monoisotopic (exact) mass is 844 g/mol. The smallest absolute Gasteiger partial charge is 0.472 e. The number of hydrogen-bond acceptors (Lipinski definition) is 9. The fourth-order valence-corrected chi connectivity index (χ4v) is 7.40. The largest absolute Gasteiger partial charge is 0.480 e. The number of aliphatic carboxylic acids is 1. The molecule has 0 bridgehead atoms. The number of rotatable bonds is 44. The predicted molar refractivity (Wildman–Crippen MR) is 236 cm³/mol. The minimum Gasteiger partial charge on any atom is -0.480 e. The van der Waals surface area contributed by atoms with E-state index in [0.717, 1.165) is 32.1 Å². The third kappa shape index (κ3) is 40.7. The van der Waals surface area contributed by atoms with Crippen molar-refractivity contribution >= 4 is 25.7 Å². The van der Waals surface area contributed by atoms with Crippen LogP contribution in [0.25, 0.3) is 0 Å². The molecule has 12 heteroatoms. The standard InChI is InChI=1S/C46H86NO10P/c1-3-5-7-9-11-13-15-17-19-20-21-22-24-25-27-29-31-33-35-37-44(48)54-39-42(40-55-58(52,53)56-41-43(47)46(50)51)57-45(49)38-36-34-32-30-28-26-23-18-16-14-12-10-8-6-4-2/h32,34,36,38,42-43H,3-31,33,35,37,39-41,47H2,1-2H3,(H,50,51)(H,52,53)/b34-32+,38-36+/t42-,43+/m1/s1. The Hall–Kier alpha value is -2.04. The molecule has 11 nitrogen and oxygen atoms in total. The Balaban J connectivity index is 4.35. The van der Waals surface area contributed by atoms with Crippen LogP contribution >= 0.6 is 7.82 Å². The third-order valence-corrected chi connectivity index (χ3v) is 11.3. The van der Waals surface area contributed by atoms with E-state index in [4.69, 9.17) is 24.8 Å². The van der Waals surface area contributed by atoms with E-state index < -0.39 is 51.1 Å². The highest BCUT2D eigenvalue weighted by Crippen LogP contribution is 2.43. The van der Waals surface area contributed by atoms with Gasteiger partial charge in [0.15, 0.2) is 6.10 Å². The lowest BCUT2D eigenvalue weighted by Gasteiger charge is -2.19. The van der Waals surface area contributed by atoms with Crippen molar-refractivity contribution in [3.05, 3.63) is 24.3 Å². The first-order valence-corrected chi connectivity index (χ1v) is 24.9. The fourth-order valence-electron chi connectivity index (χ4n) is 6.62. The maximum absolute atomic E-state index is 12.5. The van der Waals surface area contributed by atoms with Gasteiger partial charge in [-0.3, -0.25) is 18.6 Å². The molecule has 0 saturated heterocycles. The van der Waals surface area contributed by atoms with Crippen LogP contribution < -0.4 is 5.73 Å². The van der Waals surface area contributed by atoms with E-state index in [-0.39, 0.29) is 13.0 Å². The van der Waals surface area contributed by atoms with Gasteiger partial charge in [0.25, 0.3) is 0 Å². The van der Waals surface area contributed by atoms with Gasteiger partial charge in [-0.25, -0.2) is 9.36 Å². The minimum atomic E-state index is -4.74. The van der Waals surface area contributed by atoms with Gasteiger partial charge >= 0.3 is 25.7 Å². The lowest BCUT2D eigenvalue weighted by molar-refractivity contribution is -0.157. The van der Waals surface area contributed by atoms with E-state index >= 15 is 0 Å². The van der Waals surface area contributed by atoms with Gasteiger partial charge in [0.05, 0.1) is 13.2 Å². The highest BCUT2D eigenvalue weighted by molar-refractivity contribution is 7.47. The van der Waals surface area contributed by atoms with Crippen LogP contribution in [0.2, 0.25) is 0 Å². The summed E-state index contributed by atoms with van der Waals surface area (Å²) in [5.41, 5.74) is 5.33. The highest BCUT2D eigenvalue weighted by Gasteiger charge is 2.28. The normalized spacial score (nSPS) is 13.9. The zero-order valence-electron chi connectivity index (χ0n) is 36.9. The number of ether oxygens (including phenoxy) is 2. The molecule has 340 valence electrons. The third-order valence-electron chi connectivity index (χ3n) is 10.3. The van der Waals surface area contributed by atoms with Crippen molar-refractivity contribution in [2.75, 3.05) is 19.8 Å². The maximum Gasteiger partial charge on any atom is 0.472 e. The van der Waals surface area contributed by atoms with Gasteiger partial charge < -0.3 is 25.2 Å². The van der Waals surface area contributed by atoms with Crippen LogP contribution in [-0.2, 0) is 37.5 Å². The maximum atomic E-state index is 12.5. The molecule has 0 rings (SSSR count). The zero-order chi connectivity index (χ0) is 42.8. The topological polar surface area (TPSA) is 172 Å². The van der Waals surface area contributed by atoms with Crippen LogP contribution in [0.3, 0.4) is 0 Å². The first-order chi connectivity index (χ1) is 28.1. The van der Waals surface area contributed by atoms with E-state index in [9.17, 15) is 23.8 Å². The Bertz CT molecular complexity index is 1080. The number of hydrogen-bond donors (Lipinski definition) is 3. The summed E-state index contributed by atoms with van der Waals surface area (Å²) in [5, 5.41) is 8.89. The first-order valence-electron chi connectivity index (χ1n) is 23.4. The summed E-state index contributed by atoms with van der Waals surface area (Å²) < 4.78 is 32.5. The first kappa shape index (κ1) is 56.0. The summed E-state index contributed by atoms with van der Waals surface area (Å²) in [5.74, 6) is -2.63. The molecule has 3 atom stereocenters. The Kier molecular flexibility index (Phi) is 40.2. The summed E-state index contributed by atoms with van der Waals surface area (Å²) in [4.78, 5) is 45.9. The van der Waals surface area contributed by atoms with Gasteiger partial charge in [0, 0.05) is 12.5 Å². The minimum absolute atomic E-state index is 0.207. The molecule has 58 heavy (non-hydrogen) atoms. The number of unbranched alkanes of at least 4 members (excludes halogenated alkanes) is 29. The van der Waals surface area contributed by atoms with Gasteiger partial charge in [-0.1, -0.05) is 212 Å². The molecule has 0 aromatic rings. The number of carbonyl (C=O) groups is 3. The van der Waals surface area contributed by atoms with Crippen LogP contribution in [0.4, 0.5) is 0 Å². The predicted octanol–water partition coefficient (Wildman–Crippen LogP) is 12.6. The number of allylic oxidation sites excluding steroid dienone is 3. The molecule has 0 saturated carbocycles. The molecule has 1 unspecified atom stereocenters. The fraction of sp³-hybridized carbons (Fsp3) is 0.848.